The first kappa shape index (κ1) is 20.0. The lowest BCUT2D eigenvalue weighted by molar-refractivity contribution is -0.290. The molecule has 4 aliphatic rings. The Morgan fingerprint density at radius 2 is 1.52 bits per heavy atom. The summed E-state index contributed by atoms with van der Waals surface area (Å²) in [5, 5.41) is 10.3. The van der Waals surface area contributed by atoms with Gasteiger partial charge in [0.1, 0.15) is 0 Å². The molecule has 156 valence electrons. The zero-order valence-corrected chi connectivity index (χ0v) is 17.4. The normalized spacial score (nSPS) is 53.0. The van der Waals surface area contributed by atoms with Crippen LogP contribution < -0.4 is 0 Å². The maximum Gasteiger partial charge on any atom is 0.417 e. The summed E-state index contributed by atoms with van der Waals surface area (Å²) in [5.74, 6) is 3.54. The summed E-state index contributed by atoms with van der Waals surface area (Å²) in [6.07, 6.45) is 2.86. The van der Waals surface area contributed by atoms with Gasteiger partial charge in [0.05, 0.1) is 0 Å². The zero-order valence-electron chi connectivity index (χ0n) is 17.4. The first-order valence-corrected chi connectivity index (χ1v) is 11.2. The van der Waals surface area contributed by atoms with Crippen LogP contribution in [0, 0.1) is 46.3 Å². The van der Waals surface area contributed by atoms with Gasteiger partial charge in [-0.3, -0.25) is 0 Å². The van der Waals surface area contributed by atoms with E-state index >= 15 is 0 Å². The molecule has 0 saturated heterocycles. The minimum atomic E-state index is -4.49. The Hall–Kier alpha value is -0.250. The second kappa shape index (κ2) is 6.12. The van der Waals surface area contributed by atoms with Gasteiger partial charge in [0, 0.05) is 0 Å². The minimum absolute atomic E-state index is 0.0162. The van der Waals surface area contributed by atoms with Gasteiger partial charge in [0.25, 0.3) is 0 Å². The average molecular weight is 387 g/mol. The van der Waals surface area contributed by atoms with Gasteiger partial charge in [0.15, 0.2) is 5.60 Å². The first-order chi connectivity index (χ1) is 12.4. The smallest absolute Gasteiger partial charge is 0.380 e. The number of hydrogen-bond acceptors (Lipinski definition) is 1. The minimum Gasteiger partial charge on any atom is -0.380 e. The highest BCUT2D eigenvalue weighted by atomic mass is 19.4. The predicted octanol–water partition coefficient (Wildman–Crippen LogP) is 6.59. The quantitative estimate of drug-likeness (QED) is 0.538. The van der Waals surface area contributed by atoms with Crippen LogP contribution in [0.5, 0.6) is 0 Å². The van der Waals surface area contributed by atoms with Gasteiger partial charge in [-0.25, -0.2) is 0 Å². The van der Waals surface area contributed by atoms with Gasteiger partial charge in [-0.15, -0.1) is 0 Å². The van der Waals surface area contributed by atoms with Crippen LogP contribution in [0.1, 0.15) is 85.5 Å². The number of hydrogen-bond donors (Lipinski definition) is 1. The third-order valence-electron chi connectivity index (χ3n) is 10.1. The van der Waals surface area contributed by atoms with Crippen LogP contribution in [0.4, 0.5) is 13.2 Å². The molecule has 0 amide bonds. The summed E-state index contributed by atoms with van der Waals surface area (Å²) in [6, 6.07) is 0. The summed E-state index contributed by atoms with van der Waals surface area (Å²) in [4.78, 5) is 0. The van der Waals surface area contributed by atoms with Crippen LogP contribution in [0.2, 0.25) is 0 Å². The van der Waals surface area contributed by atoms with Crippen molar-refractivity contribution in [3.8, 4) is 0 Å². The zero-order chi connectivity index (χ0) is 19.8. The van der Waals surface area contributed by atoms with Gasteiger partial charge in [0.2, 0.25) is 0 Å². The van der Waals surface area contributed by atoms with Crippen LogP contribution in [-0.4, -0.2) is 16.9 Å². The van der Waals surface area contributed by atoms with E-state index in [9.17, 15) is 18.3 Å². The molecule has 0 unspecified atom stereocenters. The van der Waals surface area contributed by atoms with Crippen molar-refractivity contribution in [2.45, 2.75) is 97.3 Å². The molecule has 4 aliphatic carbocycles. The van der Waals surface area contributed by atoms with Crippen LogP contribution in [-0.2, 0) is 0 Å². The van der Waals surface area contributed by atoms with E-state index in [1.54, 1.807) is 0 Å². The van der Waals surface area contributed by atoms with Crippen LogP contribution >= 0.6 is 0 Å². The second-order valence-corrected chi connectivity index (χ2v) is 11.4. The summed E-state index contributed by atoms with van der Waals surface area (Å²) in [5.41, 5.74) is -2.04. The molecule has 0 aromatic rings. The topological polar surface area (TPSA) is 20.2 Å². The molecule has 0 spiro atoms. The molecule has 0 bridgehead atoms. The van der Waals surface area contributed by atoms with Crippen molar-refractivity contribution in [1.82, 2.24) is 0 Å². The van der Waals surface area contributed by atoms with E-state index in [1.807, 2.05) is 0 Å². The molecule has 8 atom stereocenters. The van der Waals surface area contributed by atoms with E-state index in [2.05, 4.69) is 27.7 Å². The van der Waals surface area contributed by atoms with E-state index in [-0.39, 0.29) is 24.2 Å². The maximum atomic E-state index is 13.4. The average Bonchev–Trinajstić information content (AvgIpc) is 2.92. The van der Waals surface area contributed by atoms with Crippen LogP contribution in [0.3, 0.4) is 0 Å². The molecule has 27 heavy (non-hydrogen) atoms. The lowest BCUT2D eigenvalue weighted by atomic mass is 9.43. The standard InChI is InChI=1S/C23H37F3O/c1-14(2)17-7-8-18-16-6-5-15-13-22(27,23(24,25)26)12-11-20(15,3)19(16)9-10-21(17,18)4/h14-19,27H,5-13H2,1-4H3/t15-,16-,17+,18-,19-,20-,21+,22-/m0/s1. The Morgan fingerprint density at radius 3 is 2.15 bits per heavy atom. The SMILES string of the molecule is CC(C)[C@H]1CC[C@H]2[C@@H]3CC[C@H]4C[C@](O)(C(F)(F)F)CC[C@]4(C)[C@H]3CC[C@]12C. The van der Waals surface area contributed by atoms with E-state index in [0.29, 0.717) is 23.7 Å². The second-order valence-electron chi connectivity index (χ2n) is 11.4. The highest BCUT2D eigenvalue weighted by Crippen LogP contribution is 2.69. The van der Waals surface area contributed by atoms with Crippen molar-refractivity contribution < 1.29 is 18.3 Å². The Bertz CT molecular complexity index is 587. The molecule has 4 fully saturated rings. The van der Waals surface area contributed by atoms with E-state index in [1.165, 1.54) is 25.7 Å². The fourth-order valence-electron chi connectivity index (χ4n) is 8.64. The van der Waals surface area contributed by atoms with Crippen molar-refractivity contribution >= 4 is 0 Å². The fraction of sp³-hybridized carbons (Fsp3) is 1.00. The lowest BCUT2D eigenvalue weighted by Crippen LogP contribution is -2.59. The van der Waals surface area contributed by atoms with Crippen molar-refractivity contribution in [3.05, 3.63) is 0 Å². The number of aliphatic hydroxyl groups is 1. The van der Waals surface area contributed by atoms with Crippen molar-refractivity contribution in [1.29, 1.82) is 0 Å². The molecule has 4 saturated carbocycles. The molecule has 4 heteroatoms. The maximum absolute atomic E-state index is 13.4. The molecule has 0 aromatic heterocycles. The van der Waals surface area contributed by atoms with E-state index in [4.69, 9.17) is 0 Å². The van der Waals surface area contributed by atoms with Gasteiger partial charge < -0.3 is 5.11 Å². The van der Waals surface area contributed by atoms with Gasteiger partial charge in [-0.1, -0.05) is 27.7 Å². The number of rotatable bonds is 1. The molecular weight excluding hydrogens is 349 g/mol. The van der Waals surface area contributed by atoms with E-state index in [0.717, 1.165) is 30.6 Å². The van der Waals surface area contributed by atoms with Crippen LogP contribution in [0.25, 0.3) is 0 Å². The summed E-state index contributed by atoms with van der Waals surface area (Å²) in [6.45, 7) is 9.51. The monoisotopic (exact) mass is 386 g/mol. The Labute approximate surface area is 162 Å². The number of halogens is 3. The summed E-state index contributed by atoms with van der Waals surface area (Å²) >= 11 is 0. The molecular formula is C23H37F3O. The molecule has 4 rings (SSSR count). The molecule has 1 nitrogen and oxygen atoms in total. The van der Waals surface area contributed by atoms with E-state index < -0.39 is 11.8 Å². The Balaban J connectivity index is 1.58. The molecule has 0 heterocycles. The van der Waals surface area contributed by atoms with Crippen molar-refractivity contribution in [3.63, 3.8) is 0 Å². The van der Waals surface area contributed by atoms with Crippen LogP contribution in [0.15, 0.2) is 0 Å². The lowest BCUT2D eigenvalue weighted by Gasteiger charge is -2.62. The third kappa shape index (κ3) is 2.74. The van der Waals surface area contributed by atoms with Gasteiger partial charge in [-0.05, 0) is 104 Å². The molecule has 0 aliphatic heterocycles. The first-order valence-electron chi connectivity index (χ1n) is 11.2. The summed E-state index contributed by atoms with van der Waals surface area (Å²) in [7, 11) is 0. The fourth-order valence-corrected chi connectivity index (χ4v) is 8.64. The highest BCUT2D eigenvalue weighted by molar-refractivity contribution is 5.11. The van der Waals surface area contributed by atoms with Crippen molar-refractivity contribution in [2.75, 3.05) is 0 Å². The van der Waals surface area contributed by atoms with Crippen molar-refractivity contribution in [2.24, 2.45) is 46.3 Å². The molecule has 0 aromatic carbocycles. The molecule has 1 N–H and O–H groups in total. The highest BCUT2D eigenvalue weighted by Gasteiger charge is 2.65. The Kier molecular flexibility index (Phi) is 4.55. The summed E-state index contributed by atoms with van der Waals surface area (Å²) < 4.78 is 40.3. The predicted molar refractivity (Wildman–Crippen MR) is 101 cm³/mol. The van der Waals surface area contributed by atoms with Gasteiger partial charge in [-0.2, -0.15) is 13.2 Å². The number of fused-ring (bicyclic) bond motifs is 5. The third-order valence-corrected chi connectivity index (χ3v) is 10.1. The Morgan fingerprint density at radius 1 is 0.852 bits per heavy atom. The number of alkyl halides is 3. The molecule has 0 radical (unpaired) electrons. The largest absolute Gasteiger partial charge is 0.417 e. The van der Waals surface area contributed by atoms with Gasteiger partial charge >= 0.3 is 6.18 Å².